The molecule has 0 amide bonds. The van der Waals surface area contributed by atoms with Crippen LogP contribution < -0.4 is 0 Å². The van der Waals surface area contributed by atoms with E-state index in [1.807, 2.05) is 25.2 Å². The van der Waals surface area contributed by atoms with E-state index in [0.29, 0.717) is 0 Å². The highest BCUT2D eigenvalue weighted by molar-refractivity contribution is 5.85. The molecule has 0 bridgehead atoms. The van der Waals surface area contributed by atoms with Crippen LogP contribution in [0.25, 0.3) is 10.9 Å². The van der Waals surface area contributed by atoms with Crippen molar-refractivity contribution >= 4 is 22.9 Å². The minimum absolute atomic E-state index is 0.779. The lowest BCUT2D eigenvalue weighted by Crippen LogP contribution is -2.14. The number of methoxy groups -OCH3 is 1. The number of pyridine rings is 1. The maximum Gasteiger partial charge on any atom is 0.0910 e. The van der Waals surface area contributed by atoms with Crippen LogP contribution in [-0.4, -0.2) is 43.5 Å². The Morgan fingerprint density at radius 1 is 1.36 bits per heavy atom. The van der Waals surface area contributed by atoms with Crippen molar-refractivity contribution in [2.45, 2.75) is 26.7 Å². The molecule has 0 atom stereocenters. The molecule has 1 heterocycles. The van der Waals surface area contributed by atoms with Gasteiger partial charge in [0.25, 0.3) is 0 Å². The Morgan fingerprint density at radius 2 is 2.18 bits per heavy atom. The number of para-hydroxylation sites is 1. The lowest BCUT2D eigenvalue weighted by Gasteiger charge is -2.10. The Kier molecular flexibility index (Phi) is 5.90. The Bertz CT molecular complexity index is 652. The highest BCUT2D eigenvalue weighted by Gasteiger charge is 2.06. The summed E-state index contributed by atoms with van der Waals surface area (Å²) >= 11 is 0. The van der Waals surface area contributed by atoms with Crippen molar-refractivity contribution in [1.29, 1.82) is 0 Å². The van der Waals surface area contributed by atoms with Gasteiger partial charge in [-0.2, -0.15) is 0 Å². The van der Waals surface area contributed by atoms with Crippen molar-refractivity contribution in [2.75, 3.05) is 27.3 Å². The van der Waals surface area contributed by atoms with E-state index in [1.54, 1.807) is 7.11 Å². The molecule has 1 aromatic carbocycles. The number of hydrogen-bond acceptors (Lipinski definition) is 3. The first-order valence-electron chi connectivity index (χ1n) is 7.78. The number of benzene rings is 1. The fourth-order valence-corrected chi connectivity index (χ4v) is 2.32. The number of fused-ring (bicyclic) bond motifs is 1. The molecule has 4 heteroatoms. The first kappa shape index (κ1) is 16.4. The fraction of sp³-hybridized carbons (Fsp3) is 0.444. The summed E-state index contributed by atoms with van der Waals surface area (Å²) in [4.78, 5) is 11.4. The Hall–Kier alpha value is -1.94. The van der Waals surface area contributed by atoms with Crippen LogP contribution in [0, 0.1) is 6.92 Å². The molecule has 0 fully saturated rings. The minimum Gasteiger partial charge on any atom is -0.385 e. The molecule has 0 unspecified atom stereocenters. The summed E-state index contributed by atoms with van der Waals surface area (Å²) in [6.07, 6.45) is 3.86. The number of ether oxygens (including phenoxy) is 1. The highest BCUT2D eigenvalue weighted by atomic mass is 16.5. The third kappa shape index (κ3) is 4.04. The second-order valence-electron chi connectivity index (χ2n) is 5.50. The van der Waals surface area contributed by atoms with Crippen LogP contribution in [0.4, 0.5) is 5.69 Å². The number of rotatable bonds is 7. The Balaban J connectivity index is 2.33. The van der Waals surface area contributed by atoms with E-state index in [-0.39, 0.29) is 0 Å². The van der Waals surface area contributed by atoms with E-state index in [4.69, 9.17) is 9.72 Å². The summed E-state index contributed by atoms with van der Waals surface area (Å²) in [6.45, 7) is 5.84. The average molecular weight is 299 g/mol. The van der Waals surface area contributed by atoms with Crippen LogP contribution in [0.2, 0.25) is 0 Å². The van der Waals surface area contributed by atoms with Gasteiger partial charge < -0.3 is 9.64 Å². The van der Waals surface area contributed by atoms with Gasteiger partial charge in [0.1, 0.15) is 0 Å². The summed E-state index contributed by atoms with van der Waals surface area (Å²) in [5, 5.41) is 1.15. The van der Waals surface area contributed by atoms with E-state index in [0.717, 1.165) is 48.3 Å². The molecule has 2 rings (SSSR count). The third-order valence-electron chi connectivity index (χ3n) is 3.78. The molecule has 0 saturated heterocycles. The van der Waals surface area contributed by atoms with Gasteiger partial charge >= 0.3 is 0 Å². The smallest absolute Gasteiger partial charge is 0.0910 e. The van der Waals surface area contributed by atoms with E-state index in [9.17, 15) is 0 Å². The van der Waals surface area contributed by atoms with Crippen LogP contribution in [0.15, 0.2) is 29.3 Å². The molecule has 2 aromatic rings. The van der Waals surface area contributed by atoms with E-state index < -0.39 is 0 Å². The molecule has 0 aliphatic rings. The first-order chi connectivity index (χ1) is 10.7. The van der Waals surface area contributed by atoms with Crippen LogP contribution >= 0.6 is 0 Å². The second kappa shape index (κ2) is 7.90. The molecular formula is C18H25N3O. The van der Waals surface area contributed by atoms with Crippen molar-refractivity contribution in [1.82, 2.24) is 9.88 Å². The van der Waals surface area contributed by atoms with Gasteiger partial charge in [-0.05, 0) is 38.3 Å². The number of nitrogens with zero attached hydrogens (tertiary/aromatic N) is 3. The van der Waals surface area contributed by atoms with Crippen molar-refractivity contribution in [3.05, 3.63) is 35.5 Å². The maximum absolute atomic E-state index is 5.14. The van der Waals surface area contributed by atoms with Crippen LogP contribution in [0.5, 0.6) is 0 Å². The van der Waals surface area contributed by atoms with Crippen LogP contribution in [0.1, 0.15) is 24.6 Å². The van der Waals surface area contributed by atoms with Crippen molar-refractivity contribution in [3.8, 4) is 0 Å². The largest absolute Gasteiger partial charge is 0.385 e. The fourth-order valence-electron chi connectivity index (χ4n) is 2.32. The number of hydrogen-bond donors (Lipinski definition) is 0. The number of aromatic nitrogens is 1. The normalized spacial score (nSPS) is 11.5. The number of aliphatic imine (C=N–C) groups is 1. The van der Waals surface area contributed by atoms with Gasteiger partial charge in [-0.25, -0.2) is 4.99 Å². The molecule has 0 aliphatic heterocycles. The zero-order valence-corrected chi connectivity index (χ0v) is 14.0. The summed E-state index contributed by atoms with van der Waals surface area (Å²) < 4.78 is 5.14. The molecular weight excluding hydrogens is 274 g/mol. The molecule has 0 saturated carbocycles. The molecule has 0 N–H and O–H groups in total. The quantitative estimate of drug-likeness (QED) is 0.444. The average Bonchev–Trinajstić information content (AvgIpc) is 2.53. The topological polar surface area (TPSA) is 37.7 Å². The standard InChI is InChI=1S/C18H25N3O/c1-5-21(3)13-19-17-12-16-9-6-8-15(10-7-11-22-4)18(16)20-14(17)2/h6,8-9,12-13H,5,7,10-11H2,1-4H3. The molecule has 0 spiro atoms. The molecule has 0 aliphatic carbocycles. The molecule has 4 nitrogen and oxygen atoms in total. The maximum atomic E-state index is 5.14. The molecule has 0 radical (unpaired) electrons. The van der Waals surface area contributed by atoms with Crippen molar-refractivity contribution in [3.63, 3.8) is 0 Å². The summed E-state index contributed by atoms with van der Waals surface area (Å²) in [5.41, 5.74) is 4.26. The zero-order chi connectivity index (χ0) is 15.9. The van der Waals surface area contributed by atoms with Crippen molar-refractivity contribution in [2.24, 2.45) is 4.99 Å². The summed E-state index contributed by atoms with van der Waals surface area (Å²) in [7, 11) is 3.75. The van der Waals surface area contributed by atoms with E-state index in [1.165, 1.54) is 5.56 Å². The van der Waals surface area contributed by atoms with E-state index in [2.05, 4.69) is 36.2 Å². The Labute approximate surface area is 132 Å². The molecule has 22 heavy (non-hydrogen) atoms. The van der Waals surface area contributed by atoms with Gasteiger partial charge in [0.05, 0.1) is 23.2 Å². The van der Waals surface area contributed by atoms with E-state index >= 15 is 0 Å². The van der Waals surface area contributed by atoms with Crippen LogP contribution in [0.3, 0.4) is 0 Å². The predicted molar refractivity (Wildman–Crippen MR) is 93.1 cm³/mol. The van der Waals surface area contributed by atoms with Gasteiger partial charge in [-0.15, -0.1) is 0 Å². The Morgan fingerprint density at radius 3 is 2.91 bits per heavy atom. The monoisotopic (exact) mass is 299 g/mol. The lowest BCUT2D eigenvalue weighted by molar-refractivity contribution is 0.195. The summed E-state index contributed by atoms with van der Waals surface area (Å²) in [5.74, 6) is 0. The minimum atomic E-state index is 0.779. The molecule has 1 aromatic heterocycles. The zero-order valence-electron chi connectivity index (χ0n) is 14.0. The van der Waals surface area contributed by atoms with Gasteiger partial charge in [0.15, 0.2) is 0 Å². The second-order valence-corrected chi connectivity index (χ2v) is 5.50. The SMILES string of the molecule is CCN(C)C=Nc1cc2cccc(CCCOC)c2nc1C. The first-order valence-corrected chi connectivity index (χ1v) is 7.78. The van der Waals surface area contributed by atoms with Crippen LogP contribution in [-0.2, 0) is 11.2 Å². The lowest BCUT2D eigenvalue weighted by atomic mass is 10.0. The van der Waals surface area contributed by atoms with Gasteiger partial charge in [0, 0.05) is 32.7 Å². The molecule has 118 valence electrons. The van der Waals surface area contributed by atoms with Gasteiger partial charge in [0.2, 0.25) is 0 Å². The third-order valence-corrected chi connectivity index (χ3v) is 3.78. The van der Waals surface area contributed by atoms with Crippen molar-refractivity contribution < 1.29 is 4.74 Å². The highest BCUT2D eigenvalue weighted by Crippen LogP contribution is 2.25. The summed E-state index contributed by atoms with van der Waals surface area (Å²) in [6, 6.07) is 8.47. The van der Waals surface area contributed by atoms with Gasteiger partial charge in [-0.1, -0.05) is 18.2 Å². The number of aryl methyl sites for hydroxylation is 2. The van der Waals surface area contributed by atoms with Gasteiger partial charge in [-0.3, -0.25) is 4.98 Å². The predicted octanol–water partition coefficient (Wildman–Crippen LogP) is 3.73.